The number of hydroxylamine groups is 2. The summed E-state index contributed by atoms with van der Waals surface area (Å²) >= 11 is -4.03. The predicted molar refractivity (Wildman–Crippen MR) is 65.2 cm³/mol. The molecule has 0 aliphatic heterocycles. The quantitative estimate of drug-likeness (QED) is 0.409. The van der Waals surface area contributed by atoms with Crippen molar-refractivity contribution >= 4 is 0 Å². The van der Waals surface area contributed by atoms with Crippen LogP contribution >= 0.6 is 0 Å². The van der Waals surface area contributed by atoms with Crippen LogP contribution in [0.4, 0.5) is 0 Å². The van der Waals surface area contributed by atoms with Crippen LogP contribution in [0.1, 0.15) is 65.2 Å². The first-order valence-corrected chi connectivity index (χ1v) is 10.5. The number of unbranched alkanes of at least 4 members (excludes halogenated alkanes) is 6. The van der Waals surface area contributed by atoms with E-state index in [9.17, 15) is 5.21 Å². The van der Waals surface area contributed by atoms with Gasteiger partial charge in [0.1, 0.15) is 0 Å². The van der Waals surface area contributed by atoms with Crippen molar-refractivity contribution in [1.29, 1.82) is 0 Å². The van der Waals surface area contributed by atoms with Gasteiger partial charge in [0.25, 0.3) is 0 Å². The molecule has 0 saturated heterocycles. The van der Waals surface area contributed by atoms with Crippen molar-refractivity contribution in [3.63, 3.8) is 0 Å². The Balaban J connectivity index is 0. The predicted octanol–water partition coefficient (Wildman–Crippen LogP) is 3.04. The fourth-order valence-corrected chi connectivity index (χ4v) is 1.53. The van der Waals surface area contributed by atoms with E-state index >= 15 is 0 Å². The molecule has 18 heavy (non-hydrogen) atoms. The molecule has 5 nitrogen and oxygen atoms in total. The maximum atomic E-state index is 9.42. The zero-order valence-electron chi connectivity index (χ0n) is 11.6. The van der Waals surface area contributed by atoms with E-state index in [1.807, 2.05) is 0 Å². The van der Waals surface area contributed by atoms with Crippen molar-refractivity contribution in [1.82, 2.24) is 5.06 Å². The third-order valence-electron chi connectivity index (χ3n) is 2.54. The van der Waals surface area contributed by atoms with E-state index in [0.717, 1.165) is 32.4 Å². The molecular weight excluding hydrogens is 406 g/mol. The van der Waals surface area contributed by atoms with Gasteiger partial charge in [-0.25, -0.2) is 0 Å². The molecule has 0 spiro atoms. The van der Waals surface area contributed by atoms with E-state index in [1.165, 1.54) is 37.2 Å². The molecule has 0 aliphatic rings. The molecule has 0 unspecified atom stereocenters. The third-order valence-corrected chi connectivity index (χ3v) is 2.54. The van der Waals surface area contributed by atoms with Crippen LogP contribution in [-0.2, 0) is 24.4 Å². The topological polar surface area (TPSA) is 77.8 Å². The Morgan fingerprint density at radius 1 is 0.833 bits per heavy atom. The first kappa shape index (κ1) is 20.5. The summed E-state index contributed by atoms with van der Waals surface area (Å²) in [6.45, 7) is 6.08. The Morgan fingerprint density at radius 2 is 1.22 bits per heavy atom. The number of nitrogens with zero attached hydrogens (tertiary/aromatic N) is 1. The molecule has 0 radical (unpaired) electrons. The summed E-state index contributed by atoms with van der Waals surface area (Å²) in [5, 5.41) is 10.9. The summed E-state index contributed by atoms with van der Waals surface area (Å²) in [4.78, 5) is 0. The zero-order valence-corrected chi connectivity index (χ0v) is 14.6. The number of rotatable bonds is 10. The van der Waals surface area contributed by atoms with Gasteiger partial charge < -0.3 is 5.21 Å². The number of hydrogen-bond acceptors (Lipinski definition) is 4. The summed E-state index contributed by atoms with van der Waals surface area (Å²) in [6.07, 6.45) is 10.0. The Kier molecular flexibility index (Phi) is 19.5. The van der Waals surface area contributed by atoms with Gasteiger partial charge in [0.2, 0.25) is 0 Å². The summed E-state index contributed by atoms with van der Waals surface area (Å²) in [5.41, 5.74) is 0. The molecule has 111 valence electrons. The molecule has 0 amide bonds. The van der Waals surface area contributed by atoms with Gasteiger partial charge in [-0.05, 0) is 12.8 Å². The van der Waals surface area contributed by atoms with Gasteiger partial charge >= 0.3 is 28.2 Å². The maximum absolute atomic E-state index is 9.42. The van der Waals surface area contributed by atoms with Gasteiger partial charge in [-0.15, -0.1) is 0 Å². The normalized spacial score (nSPS) is 10.1. The van der Waals surface area contributed by atoms with Gasteiger partial charge in [0.15, 0.2) is 0 Å². The molecule has 0 aromatic rings. The van der Waals surface area contributed by atoms with Gasteiger partial charge in [0, 0.05) is 13.1 Å². The molecule has 0 aromatic heterocycles. The monoisotopic (exact) mass is 434 g/mol. The van der Waals surface area contributed by atoms with E-state index < -0.39 is 17.6 Å². The molecule has 0 heterocycles. The molecule has 0 bridgehead atoms. The SMILES string of the molecule is CCCCCCCCN(O)CCCC.[O]=[W](=[O])[OH]. The van der Waals surface area contributed by atoms with Crippen LogP contribution < -0.4 is 0 Å². The van der Waals surface area contributed by atoms with Crippen LogP contribution in [0.15, 0.2) is 0 Å². The first-order valence-electron chi connectivity index (χ1n) is 6.76. The molecule has 6 heteroatoms. The van der Waals surface area contributed by atoms with Gasteiger partial charge in [-0.3, -0.25) is 0 Å². The van der Waals surface area contributed by atoms with E-state index in [1.54, 1.807) is 0 Å². The molecule has 0 atom stereocenters. The Bertz CT molecular complexity index is 214. The van der Waals surface area contributed by atoms with Gasteiger partial charge in [0.05, 0.1) is 0 Å². The minimum atomic E-state index is -4.03. The van der Waals surface area contributed by atoms with Crippen LogP contribution in [0.5, 0.6) is 0 Å². The fourth-order valence-electron chi connectivity index (χ4n) is 1.53. The average Bonchev–Trinajstić information content (AvgIpc) is 2.30. The van der Waals surface area contributed by atoms with Gasteiger partial charge in [-0.1, -0.05) is 52.4 Å². The molecular formula is C12H28NO4W. The second kappa shape index (κ2) is 17.2. The molecule has 0 rings (SSSR count). The summed E-state index contributed by atoms with van der Waals surface area (Å²) in [6, 6.07) is 0. The van der Waals surface area contributed by atoms with Crippen molar-refractivity contribution in [2.45, 2.75) is 65.2 Å². The second-order valence-electron chi connectivity index (χ2n) is 4.29. The minimum absolute atomic E-state index is 0.839. The zero-order chi connectivity index (χ0) is 14.2. The summed E-state index contributed by atoms with van der Waals surface area (Å²) in [7, 11) is 0. The van der Waals surface area contributed by atoms with Crippen molar-refractivity contribution < 1.29 is 33.4 Å². The van der Waals surface area contributed by atoms with Crippen LogP contribution in [0.3, 0.4) is 0 Å². The van der Waals surface area contributed by atoms with Crippen molar-refractivity contribution in [2.24, 2.45) is 0 Å². The first-order chi connectivity index (χ1) is 8.54. The van der Waals surface area contributed by atoms with Crippen molar-refractivity contribution in [3.05, 3.63) is 0 Å². The van der Waals surface area contributed by atoms with E-state index in [0.29, 0.717) is 0 Å². The average molecular weight is 434 g/mol. The van der Waals surface area contributed by atoms with Crippen LogP contribution in [-0.4, -0.2) is 27.1 Å². The third kappa shape index (κ3) is 25.1. The van der Waals surface area contributed by atoms with Gasteiger partial charge in [-0.2, -0.15) is 5.06 Å². The van der Waals surface area contributed by atoms with E-state index in [4.69, 9.17) is 10.6 Å². The summed E-state index contributed by atoms with van der Waals surface area (Å²) < 4.78 is 24.6. The molecule has 0 aromatic carbocycles. The number of hydrogen-bond donors (Lipinski definition) is 2. The summed E-state index contributed by atoms with van der Waals surface area (Å²) in [5.74, 6) is 0. The van der Waals surface area contributed by atoms with E-state index in [-0.39, 0.29) is 0 Å². The van der Waals surface area contributed by atoms with Crippen LogP contribution in [0, 0.1) is 0 Å². The fraction of sp³-hybridized carbons (Fsp3) is 1.00. The Labute approximate surface area is 117 Å². The Hall–Kier alpha value is 0.168. The molecule has 2 N–H and O–H groups in total. The second-order valence-corrected chi connectivity index (χ2v) is 5.85. The molecule has 0 aliphatic carbocycles. The molecule has 0 saturated carbocycles. The molecule has 0 fully saturated rings. The standard InChI is InChI=1S/C12H27NO.H2O.2O.W/c1-3-5-7-8-9-10-12-13(14)11-6-4-2;;;;/h14H,3-12H2,1-2H3;1H2;;;/q;;;;+1/p-1. The van der Waals surface area contributed by atoms with Crippen molar-refractivity contribution in [2.75, 3.05) is 13.1 Å². The Morgan fingerprint density at radius 3 is 1.72 bits per heavy atom. The van der Waals surface area contributed by atoms with E-state index in [2.05, 4.69) is 13.8 Å². The van der Waals surface area contributed by atoms with Crippen LogP contribution in [0.25, 0.3) is 0 Å². The van der Waals surface area contributed by atoms with Crippen LogP contribution in [0.2, 0.25) is 0 Å². The van der Waals surface area contributed by atoms with Crippen molar-refractivity contribution in [3.8, 4) is 0 Å².